The number of thiocarbonyl (C=S) groups is 1. The first-order valence-electron chi connectivity index (χ1n) is 7.79. The van der Waals surface area contributed by atoms with E-state index < -0.39 is 12.0 Å². The van der Waals surface area contributed by atoms with Gasteiger partial charge in [0.25, 0.3) is 5.91 Å². The van der Waals surface area contributed by atoms with E-state index in [1.54, 1.807) is 0 Å². The lowest BCUT2D eigenvalue weighted by Crippen LogP contribution is -2.52. The van der Waals surface area contributed by atoms with Crippen LogP contribution in [-0.4, -0.2) is 30.2 Å². The first-order valence-corrected chi connectivity index (χ1v) is 8.20. The molecule has 3 rings (SSSR count). The summed E-state index contributed by atoms with van der Waals surface area (Å²) >= 11 is 5.51. The second kappa shape index (κ2) is 7.31. The summed E-state index contributed by atoms with van der Waals surface area (Å²) in [6.07, 6.45) is 0.153. The van der Waals surface area contributed by atoms with Crippen molar-refractivity contribution < 1.29 is 9.53 Å². The molecule has 3 N–H and O–H groups in total. The van der Waals surface area contributed by atoms with E-state index in [-0.39, 0.29) is 0 Å². The Kier molecular flexibility index (Phi) is 4.96. The highest BCUT2D eigenvalue weighted by Gasteiger charge is 2.30. The van der Waals surface area contributed by atoms with Gasteiger partial charge in [0.05, 0.1) is 12.2 Å². The number of anilines is 1. The topological polar surface area (TPSA) is 67.6 Å². The third-order valence-electron chi connectivity index (χ3n) is 3.87. The molecule has 0 fully saturated rings. The van der Waals surface area contributed by atoms with Gasteiger partial charge in [-0.3, -0.25) is 4.79 Å². The molecule has 5 nitrogen and oxygen atoms in total. The van der Waals surface area contributed by atoms with Crippen molar-refractivity contribution in [3.8, 4) is 5.75 Å². The first-order chi connectivity index (χ1) is 11.6. The van der Waals surface area contributed by atoms with Gasteiger partial charge in [0.2, 0.25) is 0 Å². The lowest BCUT2D eigenvalue weighted by atomic mass is 10.1. The number of primary amides is 1. The summed E-state index contributed by atoms with van der Waals surface area (Å²) < 4.78 is 5.64. The molecular weight excluding hydrogens is 322 g/mol. The predicted octanol–water partition coefficient (Wildman–Crippen LogP) is 1.86. The minimum Gasteiger partial charge on any atom is -0.477 e. The van der Waals surface area contributed by atoms with E-state index >= 15 is 0 Å². The third kappa shape index (κ3) is 3.65. The number of hydrogen-bond donors (Lipinski definition) is 2. The number of hydrogen-bond acceptors (Lipinski definition) is 3. The van der Waals surface area contributed by atoms with Crippen LogP contribution >= 0.6 is 12.2 Å². The SMILES string of the molecule is NC(=O)C1CN(C(=S)NCCc2ccccc2)c2ccccc2O1. The van der Waals surface area contributed by atoms with Gasteiger partial charge in [0.1, 0.15) is 5.75 Å². The minimum absolute atomic E-state index is 0.309. The Hall–Kier alpha value is -2.60. The molecule has 0 spiro atoms. The third-order valence-corrected chi connectivity index (χ3v) is 4.23. The molecular formula is C18H19N3O2S. The minimum atomic E-state index is -0.714. The van der Waals surface area contributed by atoms with Gasteiger partial charge >= 0.3 is 0 Å². The van der Waals surface area contributed by atoms with Crippen molar-refractivity contribution >= 4 is 28.9 Å². The van der Waals surface area contributed by atoms with E-state index in [2.05, 4.69) is 17.4 Å². The summed E-state index contributed by atoms with van der Waals surface area (Å²) in [6.45, 7) is 1.02. The molecule has 1 aliphatic heterocycles. The molecule has 0 radical (unpaired) electrons. The number of rotatable bonds is 4. The van der Waals surface area contributed by atoms with Crippen LogP contribution in [0.3, 0.4) is 0 Å². The summed E-state index contributed by atoms with van der Waals surface area (Å²) in [5.41, 5.74) is 7.49. The average molecular weight is 341 g/mol. The van der Waals surface area contributed by atoms with Crippen LogP contribution in [0.4, 0.5) is 5.69 Å². The lowest BCUT2D eigenvalue weighted by Gasteiger charge is -2.35. The van der Waals surface area contributed by atoms with Gasteiger partial charge in [0.15, 0.2) is 11.2 Å². The Balaban J connectivity index is 1.68. The van der Waals surface area contributed by atoms with Crippen LogP contribution in [0.15, 0.2) is 54.6 Å². The van der Waals surface area contributed by atoms with Gasteiger partial charge in [-0.05, 0) is 36.3 Å². The van der Waals surface area contributed by atoms with E-state index in [9.17, 15) is 4.79 Å². The molecule has 1 atom stereocenters. The molecule has 1 aliphatic rings. The van der Waals surface area contributed by atoms with Crippen LogP contribution in [0.25, 0.3) is 0 Å². The quantitative estimate of drug-likeness (QED) is 0.831. The van der Waals surface area contributed by atoms with Gasteiger partial charge in [0, 0.05) is 6.54 Å². The molecule has 2 aromatic carbocycles. The van der Waals surface area contributed by atoms with Gasteiger partial charge in [-0.2, -0.15) is 0 Å². The number of nitrogens with zero attached hydrogens (tertiary/aromatic N) is 1. The monoisotopic (exact) mass is 341 g/mol. The summed E-state index contributed by atoms with van der Waals surface area (Å²) in [5.74, 6) is 0.112. The van der Waals surface area contributed by atoms with Crippen LogP contribution in [0, 0.1) is 0 Å². The maximum absolute atomic E-state index is 11.5. The number of amides is 1. The van der Waals surface area contributed by atoms with Crippen LogP contribution in [0.1, 0.15) is 5.56 Å². The van der Waals surface area contributed by atoms with Crippen LogP contribution in [0.5, 0.6) is 5.75 Å². The molecule has 1 unspecified atom stereocenters. The largest absolute Gasteiger partial charge is 0.477 e. The molecule has 24 heavy (non-hydrogen) atoms. The second-order valence-electron chi connectivity index (χ2n) is 5.55. The fraction of sp³-hybridized carbons (Fsp3) is 0.222. The summed E-state index contributed by atoms with van der Waals surface area (Å²) in [4.78, 5) is 13.4. The maximum Gasteiger partial charge on any atom is 0.260 e. The Morgan fingerprint density at radius 2 is 1.92 bits per heavy atom. The van der Waals surface area contributed by atoms with Crippen LogP contribution in [0.2, 0.25) is 0 Å². The zero-order valence-electron chi connectivity index (χ0n) is 13.1. The smallest absolute Gasteiger partial charge is 0.260 e. The van der Waals surface area contributed by atoms with Gasteiger partial charge in [-0.25, -0.2) is 0 Å². The van der Waals surface area contributed by atoms with E-state index in [1.807, 2.05) is 47.4 Å². The first kappa shape index (κ1) is 16.3. The standard InChI is InChI=1S/C18H19N3O2S/c19-17(22)16-12-21(14-8-4-5-9-15(14)23-16)18(24)20-11-10-13-6-2-1-3-7-13/h1-9,16H,10-12H2,(H2,19,22)(H,20,24). The summed E-state index contributed by atoms with van der Waals surface area (Å²) in [5, 5.41) is 3.81. The second-order valence-corrected chi connectivity index (χ2v) is 5.94. The van der Waals surface area contributed by atoms with Crippen molar-refractivity contribution in [3.63, 3.8) is 0 Å². The number of carbonyl (C=O) groups excluding carboxylic acids is 1. The Bertz CT molecular complexity index is 736. The van der Waals surface area contributed by atoms with Crippen molar-refractivity contribution in [1.29, 1.82) is 0 Å². The number of fused-ring (bicyclic) bond motifs is 1. The molecule has 124 valence electrons. The van der Waals surface area contributed by atoms with Gasteiger partial charge in [-0.15, -0.1) is 0 Å². The molecule has 2 aromatic rings. The number of ether oxygens (including phenoxy) is 1. The Labute approximate surface area is 146 Å². The van der Waals surface area contributed by atoms with E-state index in [0.29, 0.717) is 24.0 Å². The fourth-order valence-corrected chi connectivity index (χ4v) is 2.90. The summed E-state index contributed by atoms with van der Waals surface area (Å²) in [7, 11) is 0. The fourth-order valence-electron chi connectivity index (χ4n) is 2.63. The zero-order valence-corrected chi connectivity index (χ0v) is 14.0. The number of carbonyl (C=O) groups is 1. The highest BCUT2D eigenvalue weighted by atomic mass is 32.1. The highest BCUT2D eigenvalue weighted by Crippen LogP contribution is 2.33. The number of nitrogens with two attached hydrogens (primary N) is 1. The lowest BCUT2D eigenvalue weighted by molar-refractivity contribution is -0.124. The Morgan fingerprint density at radius 3 is 2.67 bits per heavy atom. The van der Waals surface area contributed by atoms with Crippen molar-refractivity contribution in [2.45, 2.75) is 12.5 Å². The zero-order chi connectivity index (χ0) is 16.9. The average Bonchev–Trinajstić information content (AvgIpc) is 2.61. The number of nitrogens with one attached hydrogen (secondary N) is 1. The van der Waals surface area contributed by atoms with Crippen molar-refractivity contribution in [2.75, 3.05) is 18.0 Å². The van der Waals surface area contributed by atoms with Crippen molar-refractivity contribution in [1.82, 2.24) is 5.32 Å². The molecule has 0 saturated heterocycles. The Morgan fingerprint density at radius 1 is 1.21 bits per heavy atom. The molecule has 0 aromatic heterocycles. The maximum atomic E-state index is 11.5. The molecule has 1 heterocycles. The van der Waals surface area contributed by atoms with Crippen molar-refractivity contribution in [3.05, 3.63) is 60.2 Å². The van der Waals surface area contributed by atoms with Crippen LogP contribution in [-0.2, 0) is 11.2 Å². The summed E-state index contributed by atoms with van der Waals surface area (Å²) in [6, 6.07) is 17.7. The molecule has 1 amide bonds. The van der Waals surface area contributed by atoms with E-state index in [1.165, 1.54) is 5.56 Å². The van der Waals surface area contributed by atoms with E-state index in [0.717, 1.165) is 12.1 Å². The molecule has 0 aliphatic carbocycles. The van der Waals surface area contributed by atoms with Crippen LogP contribution < -0.4 is 20.7 Å². The van der Waals surface area contributed by atoms with Crippen molar-refractivity contribution in [2.24, 2.45) is 5.73 Å². The van der Waals surface area contributed by atoms with E-state index in [4.69, 9.17) is 22.7 Å². The van der Waals surface area contributed by atoms with Gasteiger partial charge < -0.3 is 20.7 Å². The normalized spacial score (nSPS) is 16.0. The predicted molar refractivity (Wildman–Crippen MR) is 98.1 cm³/mol. The number of benzene rings is 2. The molecule has 0 bridgehead atoms. The molecule has 6 heteroatoms. The molecule has 0 saturated carbocycles. The van der Waals surface area contributed by atoms with Gasteiger partial charge in [-0.1, -0.05) is 42.5 Å². The highest BCUT2D eigenvalue weighted by molar-refractivity contribution is 7.80. The number of para-hydroxylation sites is 2.